The normalized spacial score (nSPS) is 48.4. The minimum Gasteiger partial charge on any atom is -0.471 e. The van der Waals surface area contributed by atoms with Crippen molar-refractivity contribution in [3.05, 3.63) is 11.8 Å². The Bertz CT molecular complexity index is 622. The van der Waals surface area contributed by atoms with Crippen molar-refractivity contribution in [2.24, 2.45) is 11.8 Å². The molecule has 2 heterocycles. The zero-order valence-corrected chi connectivity index (χ0v) is 15.4. The van der Waals surface area contributed by atoms with Crippen molar-refractivity contribution in [1.29, 1.82) is 0 Å². The summed E-state index contributed by atoms with van der Waals surface area (Å²) in [6.45, 7) is 1.09. The molecule has 0 amide bonds. The fourth-order valence-electron chi connectivity index (χ4n) is 4.23. The topological polar surface area (TPSA) is 175 Å². The molecule has 1 saturated carbocycles. The first-order chi connectivity index (χ1) is 13.2. The minimum atomic E-state index is -2.01. The third-order valence-electron chi connectivity index (χ3n) is 5.79. The Kier molecular flexibility index (Phi) is 5.99. The average molecular weight is 406 g/mol. The van der Waals surface area contributed by atoms with Gasteiger partial charge in [0.1, 0.15) is 35.6 Å². The van der Waals surface area contributed by atoms with Crippen molar-refractivity contribution in [3.8, 4) is 0 Å². The van der Waals surface area contributed by atoms with E-state index in [2.05, 4.69) is 4.74 Å². The third-order valence-corrected chi connectivity index (χ3v) is 5.79. The molecule has 0 aromatic carbocycles. The van der Waals surface area contributed by atoms with Gasteiger partial charge in [0, 0.05) is 0 Å². The predicted octanol–water partition coefficient (Wildman–Crippen LogP) is -3.04. The van der Waals surface area contributed by atoms with Crippen molar-refractivity contribution < 1.29 is 54.4 Å². The molecule has 160 valence electrons. The molecule has 6 N–H and O–H groups in total. The van der Waals surface area contributed by atoms with Gasteiger partial charge in [-0.3, -0.25) is 0 Å². The van der Waals surface area contributed by atoms with Crippen LogP contribution in [0.5, 0.6) is 0 Å². The maximum absolute atomic E-state index is 12.0. The predicted molar refractivity (Wildman–Crippen MR) is 88.1 cm³/mol. The Morgan fingerprint density at radius 2 is 1.89 bits per heavy atom. The Hall–Kier alpha value is -1.31. The molecular weight excluding hydrogens is 380 g/mol. The van der Waals surface area contributed by atoms with Gasteiger partial charge in [0.25, 0.3) is 0 Å². The van der Waals surface area contributed by atoms with Gasteiger partial charge in [-0.2, -0.15) is 0 Å². The van der Waals surface area contributed by atoms with E-state index in [4.69, 9.17) is 14.2 Å². The number of rotatable bonds is 4. The Morgan fingerprint density at radius 3 is 2.50 bits per heavy atom. The summed E-state index contributed by atoms with van der Waals surface area (Å²) in [7, 11) is 1.13. The molecule has 2 aliphatic heterocycles. The minimum absolute atomic E-state index is 0.146. The molecule has 11 nitrogen and oxygen atoms in total. The van der Waals surface area contributed by atoms with Gasteiger partial charge >= 0.3 is 5.97 Å². The lowest BCUT2D eigenvalue weighted by Crippen LogP contribution is -2.61. The molecule has 0 bridgehead atoms. The summed E-state index contributed by atoms with van der Waals surface area (Å²) in [5.74, 6) is -2.15. The summed E-state index contributed by atoms with van der Waals surface area (Å²) in [6.07, 6.45) is -9.02. The SMILES string of the molecule is COC(=O)C1=CO[C@H](O[C@@H]2O[C@H](CO)[C@@H](O)[C@H](O)[C@H]2O)[C@H]2[C@@H](C)C[C@H](O)[C@@]12O. The Labute approximate surface area is 160 Å². The van der Waals surface area contributed by atoms with Crippen LogP contribution in [0.2, 0.25) is 0 Å². The van der Waals surface area contributed by atoms with Gasteiger partial charge in [0.05, 0.1) is 32.0 Å². The largest absolute Gasteiger partial charge is 0.471 e. The summed E-state index contributed by atoms with van der Waals surface area (Å²) in [4.78, 5) is 12.0. The van der Waals surface area contributed by atoms with E-state index in [0.717, 1.165) is 13.4 Å². The van der Waals surface area contributed by atoms with Crippen LogP contribution in [0, 0.1) is 11.8 Å². The highest BCUT2D eigenvalue weighted by atomic mass is 16.8. The van der Waals surface area contributed by atoms with E-state index in [1.807, 2.05) is 0 Å². The molecule has 10 atom stereocenters. The van der Waals surface area contributed by atoms with Crippen LogP contribution in [0.4, 0.5) is 0 Å². The molecule has 28 heavy (non-hydrogen) atoms. The number of aliphatic hydroxyl groups excluding tert-OH is 5. The molecule has 0 radical (unpaired) electrons. The van der Waals surface area contributed by atoms with Crippen molar-refractivity contribution in [2.75, 3.05) is 13.7 Å². The van der Waals surface area contributed by atoms with Gasteiger partial charge in [-0.1, -0.05) is 6.92 Å². The summed E-state index contributed by atoms with van der Waals surface area (Å²) in [5, 5.41) is 60.8. The number of carbonyl (C=O) groups excluding carboxylic acids is 1. The van der Waals surface area contributed by atoms with Gasteiger partial charge in [0.2, 0.25) is 6.29 Å². The molecule has 0 aromatic heterocycles. The Morgan fingerprint density at radius 1 is 1.21 bits per heavy atom. The van der Waals surface area contributed by atoms with Crippen LogP contribution in [0.15, 0.2) is 11.8 Å². The van der Waals surface area contributed by atoms with E-state index in [0.29, 0.717) is 0 Å². The van der Waals surface area contributed by atoms with Gasteiger partial charge in [-0.15, -0.1) is 0 Å². The highest BCUT2D eigenvalue weighted by Crippen LogP contribution is 2.50. The van der Waals surface area contributed by atoms with Gasteiger partial charge in [0.15, 0.2) is 6.29 Å². The van der Waals surface area contributed by atoms with E-state index in [-0.39, 0.29) is 17.9 Å². The fraction of sp³-hybridized carbons (Fsp3) is 0.824. The lowest BCUT2D eigenvalue weighted by molar-refractivity contribution is -0.347. The molecule has 0 aromatic rings. The first-order valence-electron chi connectivity index (χ1n) is 8.97. The van der Waals surface area contributed by atoms with Gasteiger partial charge < -0.3 is 49.6 Å². The highest BCUT2D eigenvalue weighted by molar-refractivity contribution is 5.91. The first kappa shape index (κ1) is 21.4. The molecular formula is C17H26O11. The number of methoxy groups -OCH3 is 1. The van der Waals surface area contributed by atoms with Crippen LogP contribution in [0.3, 0.4) is 0 Å². The van der Waals surface area contributed by atoms with Crippen LogP contribution in [-0.2, 0) is 23.7 Å². The van der Waals surface area contributed by atoms with E-state index in [1.54, 1.807) is 6.92 Å². The summed E-state index contributed by atoms with van der Waals surface area (Å²) in [6, 6.07) is 0. The van der Waals surface area contributed by atoms with Crippen molar-refractivity contribution in [2.45, 2.75) is 62.0 Å². The molecule has 0 spiro atoms. The second kappa shape index (κ2) is 7.84. The standard InChI is InChI=1S/C17H26O11/c1-6-3-9(19)17(24)7(14(23)25-2)5-26-15(10(6)17)28-16-13(22)12(21)11(20)8(4-18)27-16/h5-6,8-13,15-16,18-22,24H,3-4H2,1-2H3/t6-,8+,9-,10+,11+,12-,13+,15+,16-,17-/m0/s1. The van der Waals surface area contributed by atoms with Crippen molar-refractivity contribution in [3.63, 3.8) is 0 Å². The molecule has 3 rings (SSSR count). The van der Waals surface area contributed by atoms with Crippen LogP contribution in [0.25, 0.3) is 0 Å². The van der Waals surface area contributed by atoms with Gasteiger partial charge in [-0.05, 0) is 12.3 Å². The average Bonchev–Trinajstić information content (AvgIpc) is 2.91. The lowest BCUT2D eigenvalue weighted by atomic mass is 9.78. The summed E-state index contributed by atoms with van der Waals surface area (Å²) in [5.41, 5.74) is -2.27. The smallest absolute Gasteiger partial charge is 0.339 e. The molecule has 0 unspecified atom stereocenters. The number of fused-ring (bicyclic) bond motifs is 1. The van der Waals surface area contributed by atoms with Crippen molar-refractivity contribution >= 4 is 5.97 Å². The third kappa shape index (κ3) is 3.21. The van der Waals surface area contributed by atoms with Crippen LogP contribution < -0.4 is 0 Å². The van der Waals surface area contributed by atoms with Crippen LogP contribution >= 0.6 is 0 Å². The van der Waals surface area contributed by atoms with E-state index < -0.39 is 67.2 Å². The van der Waals surface area contributed by atoms with Gasteiger partial charge in [-0.25, -0.2) is 4.79 Å². The number of ether oxygens (including phenoxy) is 4. The second-order valence-electron chi connectivity index (χ2n) is 7.44. The van der Waals surface area contributed by atoms with E-state index >= 15 is 0 Å². The van der Waals surface area contributed by atoms with E-state index in [1.165, 1.54) is 0 Å². The maximum atomic E-state index is 12.0. The quantitative estimate of drug-likeness (QED) is 0.262. The number of aliphatic hydroxyl groups is 6. The molecule has 3 aliphatic rings. The zero-order valence-electron chi connectivity index (χ0n) is 15.4. The number of carbonyl (C=O) groups is 1. The highest BCUT2D eigenvalue weighted by Gasteiger charge is 2.63. The number of esters is 1. The maximum Gasteiger partial charge on any atom is 0.339 e. The first-order valence-corrected chi connectivity index (χ1v) is 8.97. The number of hydrogen-bond donors (Lipinski definition) is 6. The molecule has 1 aliphatic carbocycles. The Balaban J connectivity index is 1.87. The molecule has 1 saturated heterocycles. The van der Waals surface area contributed by atoms with Crippen LogP contribution in [0.1, 0.15) is 13.3 Å². The molecule has 11 heteroatoms. The lowest BCUT2D eigenvalue weighted by Gasteiger charge is -2.45. The number of hydrogen-bond acceptors (Lipinski definition) is 11. The van der Waals surface area contributed by atoms with E-state index in [9.17, 15) is 35.4 Å². The van der Waals surface area contributed by atoms with Crippen LogP contribution in [-0.4, -0.2) is 99.0 Å². The monoisotopic (exact) mass is 406 g/mol. The summed E-state index contributed by atoms with van der Waals surface area (Å²) < 4.78 is 21.0. The second-order valence-corrected chi connectivity index (χ2v) is 7.44. The fourth-order valence-corrected chi connectivity index (χ4v) is 4.23. The molecule has 2 fully saturated rings. The van der Waals surface area contributed by atoms with Crippen molar-refractivity contribution in [1.82, 2.24) is 0 Å². The summed E-state index contributed by atoms with van der Waals surface area (Å²) >= 11 is 0. The zero-order chi connectivity index (χ0) is 20.8.